The van der Waals surface area contributed by atoms with Crippen LogP contribution in [0.5, 0.6) is 17.2 Å². The number of benzene rings is 2. The molecule has 2 aromatic rings. The van der Waals surface area contributed by atoms with Crippen molar-refractivity contribution in [1.29, 1.82) is 5.26 Å². The number of fused-ring (bicyclic) bond motifs is 1. The zero-order valence-corrected chi connectivity index (χ0v) is 16.7. The first kappa shape index (κ1) is 20.0. The Kier molecular flexibility index (Phi) is 5.89. The van der Waals surface area contributed by atoms with Gasteiger partial charge in [0.2, 0.25) is 0 Å². The highest BCUT2D eigenvalue weighted by atomic mass is 16.5. The van der Waals surface area contributed by atoms with Crippen LogP contribution in [0.15, 0.2) is 48.0 Å². The molecule has 1 aliphatic heterocycles. The van der Waals surface area contributed by atoms with E-state index < -0.39 is 5.97 Å². The largest absolute Gasteiger partial charge is 0.493 e. The first-order chi connectivity index (χ1) is 14.0. The van der Waals surface area contributed by atoms with Crippen molar-refractivity contribution < 1.29 is 23.7 Å². The van der Waals surface area contributed by atoms with Crippen molar-refractivity contribution in [3.63, 3.8) is 0 Å². The molecule has 2 aromatic carbocycles. The van der Waals surface area contributed by atoms with E-state index in [0.717, 1.165) is 5.56 Å². The third kappa shape index (κ3) is 3.94. The second-order valence-electron chi connectivity index (χ2n) is 6.30. The smallest absolute Gasteiger partial charge is 0.349 e. The van der Waals surface area contributed by atoms with Crippen molar-refractivity contribution in [2.24, 2.45) is 0 Å². The number of allylic oxidation sites excluding steroid dienone is 2. The molecule has 0 fully saturated rings. The van der Waals surface area contributed by atoms with Gasteiger partial charge in [-0.05, 0) is 50.3 Å². The highest BCUT2D eigenvalue weighted by Gasteiger charge is 2.25. The number of aryl methyl sites for hydroxylation is 1. The van der Waals surface area contributed by atoms with Crippen molar-refractivity contribution in [2.45, 2.75) is 13.8 Å². The summed E-state index contributed by atoms with van der Waals surface area (Å²) in [5, 5.41) is 9.66. The Morgan fingerprint density at radius 3 is 2.52 bits per heavy atom. The maximum absolute atomic E-state index is 12.4. The Morgan fingerprint density at radius 2 is 1.86 bits per heavy atom. The lowest BCUT2D eigenvalue weighted by molar-refractivity contribution is -0.137. The summed E-state index contributed by atoms with van der Waals surface area (Å²) in [5.74, 6) is 1.50. The van der Waals surface area contributed by atoms with Crippen LogP contribution in [0.2, 0.25) is 0 Å². The molecule has 0 atom stereocenters. The van der Waals surface area contributed by atoms with Gasteiger partial charge in [-0.15, -0.1) is 0 Å². The van der Waals surface area contributed by atoms with Gasteiger partial charge in [-0.25, -0.2) is 4.79 Å². The van der Waals surface area contributed by atoms with E-state index >= 15 is 0 Å². The summed E-state index contributed by atoms with van der Waals surface area (Å²) in [5.41, 5.74) is 2.75. The molecule has 0 amide bonds. The number of nitriles is 1. The van der Waals surface area contributed by atoms with E-state index in [2.05, 4.69) is 0 Å². The Morgan fingerprint density at radius 1 is 1.10 bits per heavy atom. The predicted molar refractivity (Wildman–Crippen MR) is 108 cm³/mol. The normalized spacial score (nSPS) is 14.0. The standard InChI is InChI=1S/C23H21NO5/c1-5-28-23(25)18(13-24)16-12-21(29-19-8-6-14(2)10-17(16)19)15-7-9-20(26-3)22(11-15)27-4/h6-12H,5H2,1-4H3/b18-16-. The number of hydrogen-bond donors (Lipinski definition) is 0. The summed E-state index contributed by atoms with van der Waals surface area (Å²) in [6.45, 7) is 3.81. The molecule has 0 radical (unpaired) electrons. The number of hydrogen-bond acceptors (Lipinski definition) is 6. The Bertz CT molecular complexity index is 1060. The summed E-state index contributed by atoms with van der Waals surface area (Å²) in [6.07, 6.45) is 1.68. The quantitative estimate of drug-likeness (QED) is 0.430. The van der Waals surface area contributed by atoms with Crippen molar-refractivity contribution in [2.75, 3.05) is 20.8 Å². The highest BCUT2D eigenvalue weighted by Crippen LogP contribution is 2.40. The number of nitrogens with zero attached hydrogens (tertiary/aromatic N) is 1. The van der Waals surface area contributed by atoms with Gasteiger partial charge in [0.05, 0.1) is 20.8 Å². The zero-order chi connectivity index (χ0) is 21.0. The van der Waals surface area contributed by atoms with Crippen LogP contribution < -0.4 is 14.2 Å². The fourth-order valence-corrected chi connectivity index (χ4v) is 3.06. The molecule has 6 nitrogen and oxygen atoms in total. The number of rotatable bonds is 5. The number of ether oxygens (including phenoxy) is 4. The van der Waals surface area contributed by atoms with Crippen molar-refractivity contribution in [3.05, 3.63) is 64.7 Å². The molecule has 148 valence electrons. The van der Waals surface area contributed by atoms with Gasteiger partial charge in [0, 0.05) is 16.7 Å². The molecule has 0 N–H and O–H groups in total. The topological polar surface area (TPSA) is 77.8 Å². The molecule has 3 rings (SSSR count). The molecule has 0 bridgehead atoms. The van der Waals surface area contributed by atoms with E-state index in [1.54, 1.807) is 39.4 Å². The molecule has 0 spiro atoms. The van der Waals surface area contributed by atoms with Gasteiger partial charge in [0.25, 0.3) is 0 Å². The van der Waals surface area contributed by atoms with Gasteiger partial charge in [-0.3, -0.25) is 0 Å². The molecule has 29 heavy (non-hydrogen) atoms. The second kappa shape index (κ2) is 8.53. The van der Waals surface area contributed by atoms with Crippen LogP contribution in [0.1, 0.15) is 23.6 Å². The number of carbonyl (C=O) groups excluding carboxylic acids is 1. The van der Waals surface area contributed by atoms with Gasteiger partial charge in [0.1, 0.15) is 23.2 Å². The fraction of sp³-hybridized carbons (Fsp3) is 0.217. The van der Waals surface area contributed by atoms with Crippen LogP contribution in [0, 0.1) is 18.3 Å². The van der Waals surface area contributed by atoms with Gasteiger partial charge >= 0.3 is 5.97 Å². The first-order valence-corrected chi connectivity index (χ1v) is 9.06. The third-order valence-electron chi connectivity index (χ3n) is 4.45. The first-order valence-electron chi connectivity index (χ1n) is 9.06. The number of esters is 1. The minimum absolute atomic E-state index is 0.0695. The highest BCUT2D eigenvalue weighted by molar-refractivity contribution is 6.06. The van der Waals surface area contributed by atoms with Crippen LogP contribution >= 0.6 is 0 Å². The fourth-order valence-electron chi connectivity index (χ4n) is 3.06. The van der Waals surface area contributed by atoms with E-state index in [1.165, 1.54) is 0 Å². The molecule has 6 heteroatoms. The Labute approximate surface area is 169 Å². The van der Waals surface area contributed by atoms with E-state index in [0.29, 0.717) is 39.7 Å². The van der Waals surface area contributed by atoms with Crippen LogP contribution in [0.25, 0.3) is 11.3 Å². The maximum Gasteiger partial charge on any atom is 0.349 e. The molecular weight excluding hydrogens is 370 g/mol. The second-order valence-corrected chi connectivity index (χ2v) is 6.30. The molecule has 1 heterocycles. The van der Waals surface area contributed by atoms with Gasteiger partial charge < -0.3 is 18.9 Å². The third-order valence-corrected chi connectivity index (χ3v) is 4.45. The summed E-state index contributed by atoms with van der Waals surface area (Å²) < 4.78 is 21.8. The van der Waals surface area contributed by atoms with Crippen molar-refractivity contribution in [1.82, 2.24) is 0 Å². The number of methoxy groups -OCH3 is 2. The zero-order valence-electron chi connectivity index (χ0n) is 16.7. The minimum Gasteiger partial charge on any atom is -0.493 e. The van der Waals surface area contributed by atoms with Crippen LogP contribution in [-0.2, 0) is 9.53 Å². The van der Waals surface area contributed by atoms with E-state index in [1.807, 2.05) is 37.3 Å². The average Bonchev–Trinajstić information content (AvgIpc) is 2.74. The van der Waals surface area contributed by atoms with Crippen LogP contribution in [-0.4, -0.2) is 26.8 Å². The van der Waals surface area contributed by atoms with E-state index in [9.17, 15) is 10.1 Å². The summed E-state index contributed by atoms with van der Waals surface area (Å²) in [6, 6.07) is 13.0. The summed E-state index contributed by atoms with van der Waals surface area (Å²) in [4.78, 5) is 12.4. The summed E-state index contributed by atoms with van der Waals surface area (Å²) in [7, 11) is 3.11. The van der Waals surface area contributed by atoms with Crippen LogP contribution in [0.4, 0.5) is 0 Å². The van der Waals surface area contributed by atoms with Gasteiger partial charge in [-0.1, -0.05) is 11.6 Å². The van der Waals surface area contributed by atoms with Crippen molar-refractivity contribution in [3.8, 4) is 23.3 Å². The monoisotopic (exact) mass is 391 g/mol. The van der Waals surface area contributed by atoms with E-state index in [-0.39, 0.29) is 12.2 Å². The molecule has 0 saturated heterocycles. The minimum atomic E-state index is -0.665. The van der Waals surface area contributed by atoms with Gasteiger partial charge in [-0.2, -0.15) is 5.26 Å². The lowest BCUT2D eigenvalue weighted by Crippen LogP contribution is -2.11. The van der Waals surface area contributed by atoms with Crippen LogP contribution in [0.3, 0.4) is 0 Å². The SMILES string of the molecule is CCOC(=O)/C(C#N)=C1/C=C(c2ccc(OC)c(OC)c2)Oc2ccc(C)cc21. The molecule has 0 aliphatic carbocycles. The molecule has 0 saturated carbocycles. The molecule has 1 aliphatic rings. The molecule has 0 unspecified atom stereocenters. The van der Waals surface area contributed by atoms with Gasteiger partial charge in [0.15, 0.2) is 11.5 Å². The lowest BCUT2D eigenvalue weighted by atomic mass is 9.94. The summed E-state index contributed by atoms with van der Waals surface area (Å²) >= 11 is 0. The Hall–Kier alpha value is -3.72. The molecule has 0 aromatic heterocycles. The number of carbonyl (C=O) groups is 1. The van der Waals surface area contributed by atoms with Crippen molar-refractivity contribution >= 4 is 17.3 Å². The Balaban J connectivity index is 2.21. The molecular formula is C23H21NO5. The maximum atomic E-state index is 12.4. The average molecular weight is 391 g/mol. The predicted octanol–water partition coefficient (Wildman–Crippen LogP) is 4.29. The lowest BCUT2D eigenvalue weighted by Gasteiger charge is -2.22. The van der Waals surface area contributed by atoms with E-state index in [4.69, 9.17) is 18.9 Å².